The summed E-state index contributed by atoms with van der Waals surface area (Å²) in [7, 11) is 0. The lowest BCUT2D eigenvalue weighted by atomic mass is 10.2. The number of aliphatic imine (C=N–C) groups is 1. The normalized spacial score (nSPS) is 10.9. The van der Waals surface area contributed by atoms with Gasteiger partial charge < -0.3 is 5.11 Å². The van der Waals surface area contributed by atoms with Crippen molar-refractivity contribution in [1.82, 2.24) is 0 Å². The summed E-state index contributed by atoms with van der Waals surface area (Å²) in [6.07, 6.45) is 1.56. The van der Waals surface area contributed by atoms with E-state index < -0.39 is 0 Å². The van der Waals surface area contributed by atoms with Gasteiger partial charge in [-0.2, -0.15) is 0 Å². The fraction of sp³-hybridized carbons (Fsp3) is 0. The van der Waals surface area contributed by atoms with E-state index in [4.69, 9.17) is 23.2 Å². The van der Waals surface area contributed by atoms with Crippen molar-refractivity contribution < 1.29 is 5.11 Å². The van der Waals surface area contributed by atoms with Crippen LogP contribution in [0.15, 0.2) is 47.5 Å². The lowest BCUT2D eigenvalue weighted by Gasteiger charge is -1.99. The molecule has 86 valence electrons. The van der Waals surface area contributed by atoms with Crippen molar-refractivity contribution in [2.24, 2.45) is 4.99 Å². The Kier molecular flexibility index (Phi) is 3.67. The quantitative estimate of drug-likeness (QED) is 0.800. The predicted molar refractivity (Wildman–Crippen MR) is 71.8 cm³/mol. The van der Waals surface area contributed by atoms with Crippen LogP contribution in [0.25, 0.3) is 0 Å². The molecule has 0 amide bonds. The Morgan fingerprint density at radius 1 is 1.06 bits per heavy atom. The molecule has 2 rings (SSSR count). The maximum Gasteiger partial charge on any atom is 0.124 e. The molecule has 2 aromatic rings. The van der Waals surface area contributed by atoms with Crippen LogP contribution < -0.4 is 0 Å². The molecular formula is C13H9Cl2NO. The predicted octanol–water partition coefficient (Wildman–Crippen LogP) is 4.45. The molecule has 0 unspecified atom stereocenters. The first-order valence-corrected chi connectivity index (χ1v) is 5.69. The number of phenols is 1. The monoisotopic (exact) mass is 265 g/mol. The molecule has 0 aliphatic carbocycles. The highest BCUT2D eigenvalue weighted by Gasteiger charge is 1.99. The fourth-order valence-corrected chi connectivity index (χ4v) is 1.78. The van der Waals surface area contributed by atoms with Gasteiger partial charge in [-0.05, 0) is 30.3 Å². The van der Waals surface area contributed by atoms with E-state index >= 15 is 0 Å². The van der Waals surface area contributed by atoms with E-state index in [1.54, 1.807) is 42.6 Å². The molecule has 0 bridgehead atoms. The van der Waals surface area contributed by atoms with Gasteiger partial charge in [0.25, 0.3) is 0 Å². The fourth-order valence-electron chi connectivity index (χ4n) is 1.32. The van der Waals surface area contributed by atoms with Crippen molar-refractivity contribution in [2.75, 3.05) is 0 Å². The van der Waals surface area contributed by atoms with Crippen LogP contribution >= 0.6 is 23.2 Å². The zero-order valence-electron chi connectivity index (χ0n) is 8.77. The van der Waals surface area contributed by atoms with Crippen molar-refractivity contribution >= 4 is 35.1 Å². The summed E-state index contributed by atoms with van der Waals surface area (Å²) in [4.78, 5) is 4.20. The molecule has 17 heavy (non-hydrogen) atoms. The average molecular weight is 266 g/mol. The zero-order valence-corrected chi connectivity index (χ0v) is 10.3. The van der Waals surface area contributed by atoms with Crippen molar-refractivity contribution in [3.8, 4) is 5.75 Å². The van der Waals surface area contributed by atoms with Gasteiger partial charge in [0.15, 0.2) is 0 Å². The van der Waals surface area contributed by atoms with Crippen molar-refractivity contribution in [3.63, 3.8) is 0 Å². The van der Waals surface area contributed by atoms with Gasteiger partial charge in [-0.25, -0.2) is 0 Å². The van der Waals surface area contributed by atoms with E-state index in [2.05, 4.69) is 4.99 Å². The van der Waals surface area contributed by atoms with E-state index in [-0.39, 0.29) is 5.75 Å². The first-order valence-electron chi connectivity index (χ1n) is 4.94. The lowest BCUT2D eigenvalue weighted by Crippen LogP contribution is -1.81. The highest BCUT2D eigenvalue weighted by Crippen LogP contribution is 2.28. The molecule has 0 saturated carbocycles. The number of halogens is 2. The van der Waals surface area contributed by atoms with Crippen molar-refractivity contribution in [1.29, 1.82) is 0 Å². The van der Waals surface area contributed by atoms with Crippen LogP contribution in [-0.2, 0) is 0 Å². The summed E-state index contributed by atoms with van der Waals surface area (Å²) in [5.41, 5.74) is 1.25. The Hall–Kier alpha value is -1.51. The highest BCUT2D eigenvalue weighted by molar-refractivity contribution is 6.36. The molecule has 0 aromatic heterocycles. The molecule has 0 radical (unpaired) electrons. The Morgan fingerprint density at radius 3 is 2.53 bits per heavy atom. The van der Waals surface area contributed by atoms with Crippen molar-refractivity contribution in [3.05, 3.63) is 58.1 Å². The van der Waals surface area contributed by atoms with Crippen LogP contribution in [0, 0.1) is 0 Å². The molecule has 2 nitrogen and oxygen atoms in total. The van der Waals surface area contributed by atoms with Crippen LogP contribution in [0.4, 0.5) is 5.69 Å². The van der Waals surface area contributed by atoms with E-state index in [0.29, 0.717) is 21.3 Å². The third-order valence-corrected chi connectivity index (χ3v) is 2.73. The van der Waals surface area contributed by atoms with Crippen LogP contribution in [0.2, 0.25) is 10.0 Å². The largest absolute Gasteiger partial charge is 0.507 e. The van der Waals surface area contributed by atoms with Crippen LogP contribution in [0.5, 0.6) is 5.75 Å². The van der Waals surface area contributed by atoms with Gasteiger partial charge in [-0.1, -0.05) is 35.3 Å². The number of para-hydroxylation sites is 1. The lowest BCUT2D eigenvalue weighted by molar-refractivity contribution is 0.474. The van der Waals surface area contributed by atoms with Gasteiger partial charge in [-0.15, -0.1) is 0 Å². The number of rotatable bonds is 2. The Bertz CT molecular complexity index is 567. The number of hydrogen-bond donors (Lipinski definition) is 1. The molecular weight excluding hydrogens is 257 g/mol. The molecule has 1 N–H and O–H groups in total. The number of benzene rings is 2. The van der Waals surface area contributed by atoms with E-state index in [1.165, 1.54) is 0 Å². The third-order valence-electron chi connectivity index (χ3n) is 2.19. The van der Waals surface area contributed by atoms with Crippen LogP contribution in [-0.4, -0.2) is 11.3 Å². The molecule has 2 aromatic carbocycles. The summed E-state index contributed by atoms with van der Waals surface area (Å²) in [5, 5.41) is 10.6. The highest BCUT2D eigenvalue weighted by atomic mass is 35.5. The van der Waals surface area contributed by atoms with Gasteiger partial charge >= 0.3 is 0 Å². The summed E-state index contributed by atoms with van der Waals surface area (Å²) >= 11 is 11.8. The Balaban J connectivity index is 2.29. The minimum absolute atomic E-state index is 0.182. The molecule has 0 spiro atoms. The minimum atomic E-state index is 0.182. The van der Waals surface area contributed by atoms with Crippen LogP contribution in [0.1, 0.15) is 5.56 Å². The van der Waals surface area contributed by atoms with Gasteiger partial charge in [0.2, 0.25) is 0 Å². The molecule has 0 aliphatic heterocycles. The molecule has 0 atom stereocenters. The van der Waals surface area contributed by atoms with E-state index in [9.17, 15) is 5.11 Å². The molecule has 0 aliphatic rings. The molecule has 0 heterocycles. The van der Waals surface area contributed by atoms with Gasteiger partial charge in [0.05, 0.1) is 10.7 Å². The topological polar surface area (TPSA) is 32.6 Å². The number of phenolic OH excluding ortho intramolecular Hbond substituents is 1. The Labute approximate surface area is 109 Å². The molecule has 4 heteroatoms. The van der Waals surface area contributed by atoms with E-state index in [0.717, 1.165) is 0 Å². The number of nitrogens with zero attached hydrogens (tertiary/aromatic N) is 1. The molecule has 0 saturated heterocycles. The summed E-state index contributed by atoms with van der Waals surface area (Å²) in [6, 6.07) is 12.0. The standard InChI is InChI=1S/C13H9Cl2NO/c14-10-5-6-12(11(15)7-10)16-8-9-3-1-2-4-13(9)17/h1-8,17H/b16-8+. The average Bonchev–Trinajstić information content (AvgIpc) is 2.30. The zero-order chi connectivity index (χ0) is 12.3. The number of aromatic hydroxyl groups is 1. The smallest absolute Gasteiger partial charge is 0.124 e. The van der Waals surface area contributed by atoms with Crippen molar-refractivity contribution in [2.45, 2.75) is 0 Å². The van der Waals surface area contributed by atoms with Gasteiger partial charge in [0, 0.05) is 16.8 Å². The first-order chi connectivity index (χ1) is 8.16. The van der Waals surface area contributed by atoms with Gasteiger partial charge in [-0.3, -0.25) is 4.99 Å². The molecule has 0 fully saturated rings. The first kappa shape index (κ1) is 12.0. The SMILES string of the molecule is Oc1ccccc1/C=N/c1ccc(Cl)cc1Cl. The maximum absolute atomic E-state index is 9.56. The van der Waals surface area contributed by atoms with Gasteiger partial charge in [0.1, 0.15) is 5.75 Å². The van der Waals surface area contributed by atoms with E-state index in [1.807, 2.05) is 6.07 Å². The Morgan fingerprint density at radius 2 is 1.82 bits per heavy atom. The number of hydrogen-bond acceptors (Lipinski definition) is 2. The van der Waals surface area contributed by atoms with Crippen LogP contribution in [0.3, 0.4) is 0 Å². The summed E-state index contributed by atoms with van der Waals surface area (Å²) in [6.45, 7) is 0. The second-order valence-corrected chi connectivity index (χ2v) is 4.26. The maximum atomic E-state index is 9.56. The third kappa shape index (κ3) is 2.99. The second-order valence-electron chi connectivity index (χ2n) is 3.41. The summed E-state index contributed by atoms with van der Waals surface area (Å²) in [5.74, 6) is 0.182. The minimum Gasteiger partial charge on any atom is -0.507 e. The summed E-state index contributed by atoms with van der Waals surface area (Å²) < 4.78 is 0. The second kappa shape index (κ2) is 5.21.